The molecule has 0 radical (unpaired) electrons. The summed E-state index contributed by atoms with van der Waals surface area (Å²) in [6.45, 7) is 0. The van der Waals surface area contributed by atoms with Gasteiger partial charge in [-0.1, -0.05) is 72.2 Å². The molecule has 1 rings (SSSR count). The Hall–Kier alpha value is -0.960. The smallest absolute Gasteiger partial charge is 0.153 e. The first-order valence-electron chi connectivity index (χ1n) is 5.50. The highest BCUT2D eigenvalue weighted by molar-refractivity contribution is 8.22. The fourth-order valence-corrected chi connectivity index (χ4v) is 1.47. The number of hydrogen-bond acceptors (Lipinski definition) is 6. The van der Waals surface area contributed by atoms with Crippen LogP contribution in [-0.2, 0) is 0 Å². The Morgan fingerprint density at radius 3 is 1.55 bits per heavy atom. The van der Waals surface area contributed by atoms with Crippen molar-refractivity contribution in [3.8, 4) is 0 Å². The van der Waals surface area contributed by atoms with E-state index in [0.29, 0.717) is 8.64 Å². The van der Waals surface area contributed by atoms with Crippen LogP contribution in [0.2, 0.25) is 0 Å². The maximum atomic E-state index is 4.97. The van der Waals surface area contributed by atoms with E-state index < -0.39 is 0 Å². The van der Waals surface area contributed by atoms with Gasteiger partial charge in [-0.25, -0.2) is 0 Å². The Balaban J connectivity index is 2.51. The minimum absolute atomic E-state index is 0.640. The van der Waals surface area contributed by atoms with Gasteiger partial charge in [0.1, 0.15) is 0 Å². The van der Waals surface area contributed by atoms with Crippen molar-refractivity contribution in [1.82, 2.24) is 10.9 Å². The van der Waals surface area contributed by atoms with Crippen LogP contribution in [0.25, 0.3) is 0 Å². The van der Waals surface area contributed by atoms with E-state index >= 15 is 0 Å². The predicted molar refractivity (Wildman–Crippen MR) is 100 cm³/mol. The van der Waals surface area contributed by atoms with E-state index in [0.717, 1.165) is 11.1 Å². The molecule has 0 saturated carbocycles. The lowest BCUT2D eigenvalue weighted by atomic mass is 10.2. The van der Waals surface area contributed by atoms with E-state index in [1.165, 1.54) is 23.5 Å². The Labute approximate surface area is 137 Å². The van der Waals surface area contributed by atoms with Crippen LogP contribution in [0.5, 0.6) is 0 Å². The molecule has 0 aromatic heterocycles. The summed E-state index contributed by atoms with van der Waals surface area (Å²) in [4.78, 5) is 0. The summed E-state index contributed by atoms with van der Waals surface area (Å²) in [6, 6.07) is 7.78. The van der Waals surface area contributed by atoms with E-state index in [1.807, 2.05) is 36.8 Å². The van der Waals surface area contributed by atoms with Gasteiger partial charge in [0.2, 0.25) is 0 Å². The molecule has 0 atom stereocenters. The number of nitrogens with one attached hydrogen (secondary N) is 2. The van der Waals surface area contributed by atoms with Crippen LogP contribution in [-0.4, -0.2) is 33.6 Å². The van der Waals surface area contributed by atoms with E-state index in [4.69, 9.17) is 24.4 Å². The molecule has 0 heterocycles. The maximum absolute atomic E-state index is 4.97. The summed E-state index contributed by atoms with van der Waals surface area (Å²) < 4.78 is 1.28. The minimum atomic E-state index is 0.640. The third kappa shape index (κ3) is 6.99. The van der Waals surface area contributed by atoms with Crippen LogP contribution >= 0.6 is 48.0 Å². The van der Waals surface area contributed by atoms with Crippen LogP contribution in [0, 0.1) is 0 Å². The number of hydrogen-bond donors (Lipinski definition) is 2. The van der Waals surface area contributed by atoms with Gasteiger partial charge in [-0.15, -0.1) is 0 Å². The number of thiocarbonyl (C=S) groups is 2. The van der Waals surface area contributed by atoms with Crippen LogP contribution in [0.4, 0.5) is 0 Å². The Bertz CT molecular complexity index is 464. The van der Waals surface area contributed by atoms with Crippen molar-refractivity contribution in [3.63, 3.8) is 0 Å². The Morgan fingerprint density at radius 1 is 0.900 bits per heavy atom. The monoisotopic (exact) mass is 342 g/mol. The fourth-order valence-electron chi connectivity index (χ4n) is 1.08. The number of thioether (sulfide) groups is 2. The first-order valence-corrected chi connectivity index (χ1v) is 8.76. The Morgan fingerprint density at radius 2 is 1.25 bits per heavy atom. The van der Waals surface area contributed by atoms with Crippen molar-refractivity contribution >= 4 is 69.0 Å². The fraction of sp³-hybridized carbons (Fsp3) is 0.167. The molecular weight excluding hydrogens is 328 g/mol. The van der Waals surface area contributed by atoms with Crippen LogP contribution in [0.15, 0.2) is 34.5 Å². The standard InChI is InChI=1S/C12H14N4S4/c1-19-11(17)15-13-7-9-3-5-10(6-4-9)8-14-16-12(18)20-2/h3-8H,1-2H3,(H,15,17)(H,16,18)/b13-7+,14-8+. The molecule has 0 fully saturated rings. The van der Waals surface area contributed by atoms with Crippen molar-refractivity contribution in [2.75, 3.05) is 12.5 Å². The number of nitrogens with zero attached hydrogens (tertiary/aromatic N) is 2. The zero-order chi connectivity index (χ0) is 14.8. The van der Waals surface area contributed by atoms with E-state index in [1.54, 1.807) is 12.4 Å². The van der Waals surface area contributed by atoms with Crippen molar-refractivity contribution < 1.29 is 0 Å². The van der Waals surface area contributed by atoms with Gasteiger partial charge in [0.15, 0.2) is 8.64 Å². The summed E-state index contributed by atoms with van der Waals surface area (Å²) in [5, 5.41) is 8.07. The molecule has 0 saturated heterocycles. The maximum Gasteiger partial charge on any atom is 0.153 e. The average molecular weight is 343 g/mol. The lowest BCUT2D eigenvalue weighted by molar-refractivity contribution is 1.07. The second-order valence-corrected chi connectivity index (χ2v) is 6.36. The first kappa shape index (κ1) is 17.1. The van der Waals surface area contributed by atoms with Crippen molar-refractivity contribution in [2.24, 2.45) is 10.2 Å². The quantitative estimate of drug-likeness (QED) is 0.498. The molecule has 1 aromatic carbocycles. The lowest BCUT2D eigenvalue weighted by Crippen LogP contribution is -2.10. The summed E-state index contributed by atoms with van der Waals surface area (Å²) in [5.74, 6) is 0. The third-order valence-electron chi connectivity index (χ3n) is 2.05. The highest BCUT2D eigenvalue weighted by atomic mass is 32.2. The highest BCUT2D eigenvalue weighted by Gasteiger charge is 1.92. The molecule has 0 aliphatic carbocycles. The van der Waals surface area contributed by atoms with E-state index in [2.05, 4.69) is 21.1 Å². The molecule has 0 spiro atoms. The number of benzene rings is 1. The first-order chi connectivity index (χ1) is 9.65. The van der Waals surface area contributed by atoms with Gasteiger partial charge < -0.3 is 0 Å². The van der Waals surface area contributed by atoms with Gasteiger partial charge >= 0.3 is 0 Å². The molecule has 106 valence electrons. The van der Waals surface area contributed by atoms with Gasteiger partial charge in [0, 0.05) is 0 Å². The molecular formula is C12H14N4S4. The molecule has 0 amide bonds. The molecule has 0 bridgehead atoms. The molecule has 1 aromatic rings. The SMILES string of the molecule is CSC(=S)N/N=C/c1ccc(/C=N/NC(=S)SC)cc1. The van der Waals surface area contributed by atoms with Gasteiger partial charge in [-0.3, -0.25) is 10.9 Å². The molecule has 0 unspecified atom stereocenters. The van der Waals surface area contributed by atoms with Crippen molar-refractivity contribution in [2.45, 2.75) is 0 Å². The number of hydrazone groups is 2. The predicted octanol–water partition coefficient (Wildman–Crippen LogP) is 2.83. The molecule has 0 aliphatic heterocycles. The van der Waals surface area contributed by atoms with Crippen LogP contribution < -0.4 is 10.9 Å². The van der Waals surface area contributed by atoms with Crippen LogP contribution in [0.1, 0.15) is 11.1 Å². The topological polar surface area (TPSA) is 48.8 Å². The molecule has 4 nitrogen and oxygen atoms in total. The van der Waals surface area contributed by atoms with Gasteiger partial charge in [0.05, 0.1) is 12.4 Å². The average Bonchev–Trinajstić information content (AvgIpc) is 2.48. The summed E-state index contributed by atoms with van der Waals surface area (Å²) in [7, 11) is 0. The molecule has 20 heavy (non-hydrogen) atoms. The zero-order valence-electron chi connectivity index (χ0n) is 11.0. The largest absolute Gasteiger partial charge is 0.262 e. The molecule has 2 N–H and O–H groups in total. The van der Waals surface area contributed by atoms with Gasteiger partial charge in [0.25, 0.3) is 0 Å². The summed E-state index contributed by atoms with van der Waals surface area (Å²) >= 11 is 12.8. The second-order valence-electron chi connectivity index (χ2n) is 3.39. The van der Waals surface area contributed by atoms with Gasteiger partial charge in [-0.05, 0) is 23.6 Å². The van der Waals surface area contributed by atoms with Crippen molar-refractivity contribution in [1.29, 1.82) is 0 Å². The van der Waals surface area contributed by atoms with Crippen molar-refractivity contribution in [3.05, 3.63) is 35.4 Å². The lowest BCUT2D eigenvalue weighted by Gasteiger charge is -1.99. The summed E-state index contributed by atoms with van der Waals surface area (Å²) in [5.41, 5.74) is 7.47. The number of rotatable bonds is 4. The second kappa shape index (κ2) is 9.87. The summed E-state index contributed by atoms with van der Waals surface area (Å²) in [6.07, 6.45) is 7.22. The Kier molecular flexibility index (Phi) is 8.43. The molecule has 8 heteroatoms. The zero-order valence-corrected chi connectivity index (χ0v) is 14.3. The third-order valence-corrected chi connectivity index (χ3v) is 4.15. The highest BCUT2D eigenvalue weighted by Crippen LogP contribution is 2.01. The molecule has 0 aliphatic rings. The van der Waals surface area contributed by atoms with E-state index in [9.17, 15) is 0 Å². The van der Waals surface area contributed by atoms with Crippen LogP contribution in [0.3, 0.4) is 0 Å². The van der Waals surface area contributed by atoms with Gasteiger partial charge in [-0.2, -0.15) is 10.2 Å². The minimum Gasteiger partial charge on any atom is -0.262 e. The van der Waals surface area contributed by atoms with E-state index in [-0.39, 0.29) is 0 Å². The normalized spacial score (nSPS) is 10.9.